The van der Waals surface area contributed by atoms with Gasteiger partial charge in [-0.15, -0.1) is 5.10 Å². The Labute approximate surface area is 120 Å². The van der Waals surface area contributed by atoms with Gasteiger partial charge in [-0.1, -0.05) is 42.5 Å². The SMILES string of the molecule is CCNC(Cc1cn(C)nn1)C(OC)c1ccccc1. The molecule has 0 aliphatic carbocycles. The number of hydrogen-bond donors (Lipinski definition) is 1. The third kappa shape index (κ3) is 3.65. The summed E-state index contributed by atoms with van der Waals surface area (Å²) in [6, 6.07) is 10.4. The van der Waals surface area contributed by atoms with E-state index in [0.29, 0.717) is 0 Å². The molecule has 0 amide bonds. The molecule has 0 bridgehead atoms. The zero-order valence-corrected chi connectivity index (χ0v) is 12.3. The van der Waals surface area contributed by atoms with Crippen LogP contribution >= 0.6 is 0 Å². The van der Waals surface area contributed by atoms with E-state index in [1.807, 2.05) is 31.4 Å². The van der Waals surface area contributed by atoms with Crippen LogP contribution in [0.3, 0.4) is 0 Å². The Morgan fingerprint density at radius 1 is 1.30 bits per heavy atom. The van der Waals surface area contributed by atoms with Crippen LogP contribution in [0.2, 0.25) is 0 Å². The molecule has 0 radical (unpaired) electrons. The average Bonchev–Trinajstić information content (AvgIpc) is 2.86. The fourth-order valence-electron chi connectivity index (χ4n) is 2.44. The van der Waals surface area contributed by atoms with Crippen LogP contribution < -0.4 is 5.32 Å². The summed E-state index contributed by atoms with van der Waals surface area (Å²) in [7, 11) is 3.63. The molecular formula is C15H22N4O. The van der Waals surface area contributed by atoms with E-state index in [4.69, 9.17) is 4.74 Å². The van der Waals surface area contributed by atoms with E-state index in [2.05, 4.69) is 34.7 Å². The summed E-state index contributed by atoms with van der Waals surface area (Å²) in [6.07, 6.45) is 2.73. The zero-order valence-electron chi connectivity index (χ0n) is 12.3. The van der Waals surface area contributed by atoms with Gasteiger partial charge in [0.2, 0.25) is 0 Å². The van der Waals surface area contributed by atoms with Crippen molar-refractivity contribution in [1.29, 1.82) is 0 Å². The number of benzene rings is 1. The molecule has 1 heterocycles. The lowest BCUT2D eigenvalue weighted by molar-refractivity contribution is 0.0680. The molecule has 0 saturated heterocycles. The monoisotopic (exact) mass is 274 g/mol. The molecule has 0 saturated carbocycles. The van der Waals surface area contributed by atoms with Gasteiger partial charge in [0.05, 0.1) is 11.8 Å². The summed E-state index contributed by atoms with van der Waals surface area (Å²) in [5.74, 6) is 0. The van der Waals surface area contributed by atoms with Gasteiger partial charge in [0.1, 0.15) is 0 Å². The lowest BCUT2D eigenvalue weighted by Gasteiger charge is -2.26. The number of ether oxygens (including phenoxy) is 1. The molecule has 2 aromatic rings. The van der Waals surface area contributed by atoms with Gasteiger partial charge < -0.3 is 10.1 Å². The number of methoxy groups -OCH3 is 1. The van der Waals surface area contributed by atoms with Crippen molar-refractivity contribution in [1.82, 2.24) is 20.3 Å². The Morgan fingerprint density at radius 3 is 2.60 bits per heavy atom. The highest BCUT2D eigenvalue weighted by Gasteiger charge is 2.23. The molecule has 0 aliphatic heterocycles. The topological polar surface area (TPSA) is 52.0 Å². The number of aromatic nitrogens is 3. The minimum absolute atomic E-state index is 0.00171. The van der Waals surface area contributed by atoms with Crippen LogP contribution in [0, 0.1) is 0 Å². The van der Waals surface area contributed by atoms with Crippen molar-refractivity contribution >= 4 is 0 Å². The highest BCUT2D eigenvalue weighted by atomic mass is 16.5. The molecule has 5 heteroatoms. The predicted octanol–water partition coefficient (Wildman–Crippen LogP) is 1.72. The van der Waals surface area contributed by atoms with Crippen molar-refractivity contribution in [3.05, 3.63) is 47.8 Å². The molecule has 0 spiro atoms. The van der Waals surface area contributed by atoms with Crippen molar-refractivity contribution in [3.8, 4) is 0 Å². The fraction of sp³-hybridized carbons (Fsp3) is 0.467. The number of nitrogens with zero attached hydrogens (tertiary/aromatic N) is 3. The van der Waals surface area contributed by atoms with Gasteiger partial charge in [-0.25, -0.2) is 0 Å². The van der Waals surface area contributed by atoms with Crippen LogP contribution in [0.1, 0.15) is 24.3 Å². The molecule has 2 unspecified atom stereocenters. The highest BCUT2D eigenvalue weighted by molar-refractivity contribution is 5.20. The van der Waals surface area contributed by atoms with Crippen LogP contribution in [0.4, 0.5) is 0 Å². The number of nitrogens with one attached hydrogen (secondary N) is 1. The molecule has 20 heavy (non-hydrogen) atoms. The molecule has 108 valence electrons. The predicted molar refractivity (Wildman–Crippen MR) is 78.4 cm³/mol. The Kier molecular flexibility index (Phi) is 5.26. The summed E-state index contributed by atoms with van der Waals surface area (Å²) < 4.78 is 7.44. The van der Waals surface area contributed by atoms with Crippen molar-refractivity contribution in [2.45, 2.75) is 25.5 Å². The fourth-order valence-corrected chi connectivity index (χ4v) is 2.44. The van der Waals surface area contributed by atoms with Gasteiger partial charge in [-0.3, -0.25) is 4.68 Å². The van der Waals surface area contributed by atoms with E-state index in [1.54, 1.807) is 11.8 Å². The minimum atomic E-state index is -0.00171. The molecule has 5 nitrogen and oxygen atoms in total. The van der Waals surface area contributed by atoms with Crippen LogP contribution in [-0.4, -0.2) is 34.7 Å². The maximum Gasteiger partial charge on any atom is 0.0977 e. The number of aryl methyl sites for hydroxylation is 1. The van der Waals surface area contributed by atoms with Gasteiger partial charge >= 0.3 is 0 Å². The van der Waals surface area contributed by atoms with Crippen molar-refractivity contribution in [3.63, 3.8) is 0 Å². The average molecular weight is 274 g/mol. The van der Waals surface area contributed by atoms with Crippen LogP contribution in [-0.2, 0) is 18.2 Å². The van der Waals surface area contributed by atoms with Gasteiger partial charge in [0.25, 0.3) is 0 Å². The Bertz CT molecular complexity index is 512. The minimum Gasteiger partial charge on any atom is -0.375 e. The first kappa shape index (κ1) is 14.7. The third-order valence-electron chi connectivity index (χ3n) is 3.29. The number of rotatable bonds is 7. The van der Waals surface area contributed by atoms with Crippen LogP contribution in [0.5, 0.6) is 0 Å². The molecule has 2 rings (SSSR count). The Balaban J connectivity index is 2.17. The first-order valence-corrected chi connectivity index (χ1v) is 6.91. The summed E-state index contributed by atoms with van der Waals surface area (Å²) in [5, 5.41) is 11.6. The van der Waals surface area contributed by atoms with Gasteiger partial charge in [0.15, 0.2) is 0 Å². The number of likely N-dealkylation sites (N-methyl/N-ethyl adjacent to an activating group) is 1. The van der Waals surface area contributed by atoms with E-state index in [-0.39, 0.29) is 12.1 Å². The smallest absolute Gasteiger partial charge is 0.0977 e. The zero-order chi connectivity index (χ0) is 14.4. The van der Waals surface area contributed by atoms with E-state index in [0.717, 1.165) is 18.7 Å². The summed E-state index contributed by atoms with van der Waals surface area (Å²) in [5.41, 5.74) is 2.14. The molecule has 1 N–H and O–H groups in total. The molecule has 0 aliphatic rings. The maximum absolute atomic E-state index is 5.71. The largest absolute Gasteiger partial charge is 0.375 e. The first-order valence-electron chi connectivity index (χ1n) is 6.91. The first-order chi connectivity index (χ1) is 9.74. The van der Waals surface area contributed by atoms with Gasteiger partial charge in [-0.05, 0) is 12.1 Å². The molecule has 2 atom stereocenters. The molecule has 0 fully saturated rings. The summed E-state index contributed by atoms with van der Waals surface area (Å²) in [6.45, 7) is 2.99. The van der Waals surface area contributed by atoms with Gasteiger partial charge in [-0.2, -0.15) is 0 Å². The Morgan fingerprint density at radius 2 is 2.05 bits per heavy atom. The second-order valence-corrected chi connectivity index (χ2v) is 4.82. The van der Waals surface area contributed by atoms with Crippen molar-refractivity contribution in [2.75, 3.05) is 13.7 Å². The molecular weight excluding hydrogens is 252 g/mol. The van der Waals surface area contributed by atoms with Crippen LogP contribution in [0.25, 0.3) is 0 Å². The molecule has 1 aromatic carbocycles. The standard InChI is InChI=1S/C15H22N4O/c1-4-16-14(10-13-11-19(2)18-17-13)15(20-3)12-8-6-5-7-9-12/h5-9,11,14-16H,4,10H2,1-3H3. The summed E-state index contributed by atoms with van der Waals surface area (Å²) in [4.78, 5) is 0. The maximum atomic E-state index is 5.71. The van der Waals surface area contributed by atoms with Gasteiger partial charge in [0, 0.05) is 32.8 Å². The van der Waals surface area contributed by atoms with Crippen LogP contribution in [0.15, 0.2) is 36.5 Å². The normalized spacial score (nSPS) is 14.2. The Hall–Kier alpha value is -1.72. The lowest BCUT2D eigenvalue weighted by atomic mass is 9.98. The van der Waals surface area contributed by atoms with Crippen molar-refractivity contribution in [2.24, 2.45) is 7.05 Å². The highest BCUT2D eigenvalue weighted by Crippen LogP contribution is 2.22. The number of hydrogen-bond acceptors (Lipinski definition) is 4. The summed E-state index contributed by atoms with van der Waals surface area (Å²) >= 11 is 0. The second-order valence-electron chi connectivity index (χ2n) is 4.82. The second kappa shape index (κ2) is 7.17. The molecule has 1 aromatic heterocycles. The van der Waals surface area contributed by atoms with E-state index in [1.165, 1.54) is 5.56 Å². The van der Waals surface area contributed by atoms with Crippen molar-refractivity contribution < 1.29 is 4.74 Å². The third-order valence-corrected chi connectivity index (χ3v) is 3.29. The quantitative estimate of drug-likeness (QED) is 0.835. The lowest BCUT2D eigenvalue weighted by Crippen LogP contribution is -2.37. The van der Waals surface area contributed by atoms with E-state index in [9.17, 15) is 0 Å². The van der Waals surface area contributed by atoms with E-state index < -0.39 is 0 Å². The van der Waals surface area contributed by atoms with E-state index >= 15 is 0 Å².